The molecule has 0 aliphatic heterocycles. The highest BCUT2D eigenvalue weighted by Gasteiger charge is 1.90. The highest BCUT2D eigenvalue weighted by atomic mass is 15.3. The minimum atomic E-state index is 0.704. The van der Waals surface area contributed by atoms with E-state index in [9.17, 15) is 0 Å². The Labute approximate surface area is 60.9 Å². The van der Waals surface area contributed by atoms with E-state index in [1.165, 1.54) is 0 Å². The molecule has 0 amide bonds. The molecule has 1 aromatic rings. The molecule has 0 aliphatic rings. The second-order valence-corrected chi connectivity index (χ2v) is 2.06. The minimum absolute atomic E-state index is 0.704. The molecule has 0 unspecified atom stereocenters. The van der Waals surface area contributed by atoms with Gasteiger partial charge in [0.05, 0.1) is 0 Å². The van der Waals surface area contributed by atoms with Crippen LogP contribution in [0.4, 0.5) is 0 Å². The zero-order chi connectivity index (χ0) is 7.40. The molecule has 0 saturated heterocycles. The fourth-order valence-electron chi connectivity index (χ4n) is 0.718. The first-order chi connectivity index (χ1) is 4.84. The van der Waals surface area contributed by atoms with E-state index in [0.29, 0.717) is 6.54 Å². The summed E-state index contributed by atoms with van der Waals surface area (Å²) in [5, 5.41) is 4.07. The van der Waals surface area contributed by atoms with Crippen molar-refractivity contribution in [1.82, 2.24) is 9.78 Å². The minimum Gasteiger partial charge on any atom is -0.258 e. The SMILES string of the molecule is CC#CCn1nccc1C. The van der Waals surface area contributed by atoms with Crippen LogP contribution in [0.5, 0.6) is 0 Å². The lowest BCUT2D eigenvalue weighted by Gasteiger charge is -1.94. The molecule has 0 radical (unpaired) electrons. The van der Waals surface area contributed by atoms with Gasteiger partial charge in [0.25, 0.3) is 0 Å². The third-order valence-corrected chi connectivity index (χ3v) is 1.33. The van der Waals surface area contributed by atoms with Gasteiger partial charge >= 0.3 is 0 Å². The molecule has 0 N–H and O–H groups in total. The standard InChI is InChI=1S/C8H10N2/c1-3-4-7-10-8(2)5-6-9-10/h5-6H,7H2,1-2H3. The molecule has 1 heterocycles. The molecule has 0 fully saturated rings. The van der Waals surface area contributed by atoms with Gasteiger partial charge in [0.2, 0.25) is 0 Å². The van der Waals surface area contributed by atoms with Crippen molar-refractivity contribution in [1.29, 1.82) is 0 Å². The molecule has 0 atom stereocenters. The maximum Gasteiger partial charge on any atom is 0.102 e. The normalized spacial score (nSPS) is 8.60. The van der Waals surface area contributed by atoms with Gasteiger partial charge in [0.15, 0.2) is 0 Å². The third-order valence-electron chi connectivity index (χ3n) is 1.33. The summed E-state index contributed by atoms with van der Waals surface area (Å²) in [6.07, 6.45) is 1.78. The van der Waals surface area contributed by atoms with Crippen LogP contribution >= 0.6 is 0 Å². The average Bonchev–Trinajstić information content (AvgIpc) is 2.31. The van der Waals surface area contributed by atoms with Gasteiger partial charge < -0.3 is 0 Å². The molecule has 0 aromatic carbocycles. The molecule has 0 aliphatic carbocycles. The van der Waals surface area contributed by atoms with Crippen LogP contribution in [0, 0.1) is 18.8 Å². The van der Waals surface area contributed by atoms with Gasteiger partial charge in [-0.15, -0.1) is 5.92 Å². The highest BCUT2D eigenvalue weighted by molar-refractivity contribution is 5.01. The Kier molecular flexibility index (Phi) is 2.11. The predicted octanol–water partition coefficient (Wildman–Crippen LogP) is 1.21. The van der Waals surface area contributed by atoms with Crippen LogP contribution in [0.15, 0.2) is 12.3 Å². The van der Waals surface area contributed by atoms with Crippen molar-refractivity contribution in [3.8, 4) is 11.8 Å². The number of aromatic nitrogens is 2. The monoisotopic (exact) mass is 134 g/mol. The fraction of sp³-hybridized carbons (Fsp3) is 0.375. The lowest BCUT2D eigenvalue weighted by atomic mass is 10.5. The van der Waals surface area contributed by atoms with Crippen molar-refractivity contribution in [2.75, 3.05) is 0 Å². The first-order valence-electron chi connectivity index (χ1n) is 3.22. The van der Waals surface area contributed by atoms with Crippen molar-refractivity contribution in [2.45, 2.75) is 20.4 Å². The maximum atomic E-state index is 4.07. The maximum absolute atomic E-state index is 4.07. The predicted molar refractivity (Wildman–Crippen MR) is 40.4 cm³/mol. The van der Waals surface area contributed by atoms with Crippen LogP contribution in [0.3, 0.4) is 0 Å². The molecule has 0 spiro atoms. The smallest absolute Gasteiger partial charge is 0.102 e. The summed E-state index contributed by atoms with van der Waals surface area (Å²) in [5.74, 6) is 5.76. The van der Waals surface area contributed by atoms with Crippen LogP contribution in [0.1, 0.15) is 12.6 Å². The zero-order valence-corrected chi connectivity index (χ0v) is 6.26. The summed E-state index contributed by atoms with van der Waals surface area (Å²) in [4.78, 5) is 0. The molecule has 52 valence electrons. The Morgan fingerprint density at radius 3 is 3.00 bits per heavy atom. The summed E-state index contributed by atoms with van der Waals surface area (Å²) in [6, 6.07) is 1.97. The van der Waals surface area contributed by atoms with E-state index in [0.717, 1.165) is 5.69 Å². The van der Waals surface area contributed by atoms with E-state index in [-0.39, 0.29) is 0 Å². The molecule has 1 rings (SSSR count). The number of hydrogen-bond acceptors (Lipinski definition) is 1. The lowest BCUT2D eigenvalue weighted by molar-refractivity contribution is 0.691. The summed E-state index contributed by atoms with van der Waals surface area (Å²) in [6.45, 7) is 4.55. The van der Waals surface area contributed by atoms with Gasteiger partial charge in [-0.2, -0.15) is 5.10 Å². The van der Waals surface area contributed by atoms with Crippen molar-refractivity contribution in [3.05, 3.63) is 18.0 Å². The Bertz CT molecular complexity index is 262. The second-order valence-electron chi connectivity index (χ2n) is 2.06. The fourth-order valence-corrected chi connectivity index (χ4v) is 0.718. The first kappa shape index (κ1) is 6.88. The molecular weight excluding hydrogens is 124 g/mol. The first-order valence-corrected chi connectivity index (χ1v) is 3.22. The summed E-state index contributed by atoms with van der Waals surface area (Å²) in [5.41, 5.74) is 1.16. The van der Waals surface area contributed by atoms with Gasteiger partial charge in [0.1, 0.15) is 6.54 Å². The Morgan fingerprint density at radius 1 is 1.70 bits per heavy atom. The quantitative estimate of drug-likeness (QED) is 0.528. The van der Waals surface area contributed by atoms with Gasteiger partial charge in [-0.3, -0.25) is 4.68 Å². The molecule has 2 nitrogen and oxygen atoms in total. The topological polar surface area (TPSA) is 17.8 Å². The van der Waals surface area contributed by atoms with E-state index in [2.05, 4.69) is 16.9 Å². The van der Waals surface area contributed by atoms with E-state index in [4.69, 9.17) is 0 Å². The largest absolute Gasteiger partial charge is 0.258 e. The van der Waals surface area contributed by atoms with E-state index in [1.54, 1.807) is 6.20 Å². The van der Waals surface area contributed by atoms with Gasteiger partial charge in [-0.1, -0.05) is 5.92 Å². The molecule has 0 bridgehead atoms. The van der Waals surface area contributed by atoms with E-state index >= 15 is 0 Å². The van der Waals surface area contributed by atoms with Gasteiger partial charge in [0, 0.05) is 11.9 Å². The Morgan fingerprint density at radius 2 is 2.50 bits per heavy atom. The van der Waals surface area contributed by atoms with Crippen LogP contribution in [-0.4, -0.2) is 9.78 Å². The average molecular weight is 134 g/mol. The van der Waals surface area contributed by atoms with Crippen LogP contribution in [0.2, 0.25) is 0 Å². The zero-order valence-electron chi connectivity index (χ0n) is 6.26. The Balaban J connectivity index is 2.71. The van der Waals surface area contributed by atoms with Crippen LogP contribution in [0.25, 0.3) is 0 Å². The number of nitrogens with zero attached hydrogens (tertiary/aromatic N) is 2. The van der Waals surface area contributed by atoms with Crippen molar-refractivity contribution in [3.63, 3.8) is 0 Å². The van der Waals surface area contributed by atoms with E-state index < -0.39 is 0 Å². The lowest BCUT2D eigenvalue weighted by Crippen LogP contribution is -1.99. The number of rotatable bonds is 1. The van der Waals surface area contributed by atoms with Crippen LogP contribution < -0.4 is 0 Å². The van der Waals surface area contributed by atoms with E-state index in [1.807, 2.05) is 24.6 Å². The molecule has 0 saturated carbocycles. The van der Waals surface area contributed by atoms with Gasteiger partial charge in [-0.25, -0.2) is 0 Å². The van der Waals surface area contributed by atoms with Crippen molar-refractivity contribution >= 4 is 0 Å². The summed E-state index contributed by atoms with van der Waals surface area (Å²) < 4.78 is 1.87. The van der Waals surface area contributed by atoms with Crippen molar-refractivity contribution in [2.24, 2.45) is 0 Å². The molecule has 1 aromatic heterocycles. The van der Waals surface area contributed by atoms with Crippen molar-refractivity contribution < 1.29 is 0 Å². The molecular formula is C8H10N2. The summed E-state index contributed by atoms with van der Waals surface area (Å²) >= 11 is 0. The van der Waals surface area contributed by atoms with Crippen LogP contribution in [-0.2, 0) is 6.54 Å². The second kappa shape index (κ2) is 3.07. The third kappa shape index (κ3) is 1.38. The summed E-state index contributed by atoms with van der Waals surface area (Å²) in [7, 11) is 0. The molecule has 10 heavy (non-hydrogen) atoms. The number of hydrogen-bond donors (Lipinski definition) is 0. The Hall–Kier alpha value is -1.23. The molecule has 2 heteroatoms. The number of aryl methyl sites for hydroxylation is 1. The van der Waals surface area contributed by atoms with Gasteiger partial charge in [-0.05, 0) is 19.9 Å². The highest BCUT2D eigenvalue weighted by Crippen LogP contribution is 1.93.